The maximum absolute atomic E-state index is 9.97. The first-order valence-corrected chi connectivity index (χ1v) is 4.90. The Labute approximate surface area is 83.3 Å². The van der Waals surface area contributed by atoms with Crippen LogP contribution in [0.2, 0.25) is 5.02 Å². The van der Waals surface area contributed by atoms with Gasteiger partial charge in [0, 0.05) is 10.6 Å². The van der Waals surface area contributed by atoms with Gasteiger partial charge in [0.15, 0.2) is 0 Å². The molecule has 1 aliphatic rings. The quantitative estimate of drug-likeness (QED) is 0.733. The minimum absolute atomic E-state index is 0.616. The normalized spacial score (nSPS) is 18.8. The smallest absolute Gasteiger partial charge is 0.0915 e. The lowest BCUT2D eigenvalue weighted by Gasteiger charge is -2.14. The Balaban J connectivity index is 2.57. The van der Waals surface area contributed by atoms with Crippen LogP contribution < -0.4 is 0 Å². The van der Waals surface area contributed by atoms with Crippen molar-refractivity contribution >= 4 is 11.6 Å². The van der Waals surface area contributed by atoms with E-state index < -0.39 is 5.60 Å². The monoisotopic (exact) mass is 196 g/mol. The number of halogens is 1. The second-order valence-electron chi connectivity index (χ2n) is 3.97. The van der Waals surface area contributed by atoms with E-state index in [0.29, 0.717) is 5.02 Å². The molecule has 1 aliphatic carbocycles. The van der Waals surface area contributed by atoms with Crippen LogP contribution in [0.3, 0.4) is 0 Å². The van der Waals surface area contributed by atoms with Crippen molar-refractivity contribution in [3.8, 4) is 0 Å². The molecule has 1 aromatic carbocycles. The highest BCUT2D eigenvalue weighted by Crippen LogP contribution is 2.49. The van der Waals surface area contributed by atoms with Gasteiger partial charge in [-0.3, -0.25) is 0 Å². The number of hydrogen-bond donors (Lipinski definition) is 1. The lowest BCUT2D eigenvalue weighted by atomic mass is 9.99. The summed E-state index contributed by atoms with van der Waals surface area (Å²) in [6, 6.07) is 3.98. The second kappa shape index (κ2) is 2.73. The molecular weight excluding hydrogens is 184 g/mol. The minimum atomic E-state index is -0.616. The molecule has 0 atom stereocenters. The highest BCUT2D eigenvalue weighted by molar-refractivity contribution is 6.31. The molecule has 1 saturated carbocycles. The fourth-order valence-electron chi connectivity index (χ4n) is 1.87. The van der Waals surface area contributed by atoms with Crippen LogP contribution in [-0.4, -0.2) is 5.11 Å². The SMILES string of the molecule is Cc1cc(C)c(C2(O)CC2)c(Cl)c1. The summed E-state index contributed by atoms with van der Waals surface area (Å²) in [6.45, 7) is 4.02. The Morgan fingerprint density at radius 3 is 2.38 bits per heavy atom. The van der Waals surface area contributed by atoms with Crippen molar-refractivity contribution in [1.82, 2.24) is 0 Å². The van der Waals surface area contributed by atoms with Crippen molar-refractivity contribution in [3.63, 3.8) is 0 Å². The van der Waals surface area contributed by atoms with E-state index in [4.69, 9.17) is 11.6 Å². The maximum atomic E-state index is 9.97. The van der Waals surface area contributed by atoms with Crippen LogP contribution in [0, 0.1) is 13.8 Å². The number of aryl methyl sites for hydroxylation is 2. The standard InChI is InChI=1S/C11H13ClO/c1-7-5-8(2)10(9(12)6-7)11(13)3-4-11/h5-6,13H,3-4H2,1-2H3. The number of hydrogen-bond acceptors (Lipinski definition) is 1. The summed E-state index contributed by atoms with van der Waals surface area (Å²) >= 11 is 6.10. The molecule has 1 nitrogen and oxygen atoms in total. The first-order valence-electron chi connectivity index (χ1n) is 4.52. The highest BCUT2D eigenvalue weighted by Gasteiger charge is 2.44. The van der Waals surface area contributed by atoms with Crippen molar-refractivity contribution in [2.24, 2.45) is 0 Å². The van der Waals surface area contributed by atoms with E-state index >= 15 is 0 Å². The van der Waals surface area contributed by atoms with Gasteiger partial charge in [0.1, 0.15) is 0 Å². The molecule has 0 aromatic heterocycles. The molecule has 0 heterocycles. The summed E-state index contributed by atoms with van der Waals surface area (Å²) in [5.41, 5.74) is 2.56. The number of benzene rings is 1. The first-order chi connectivity index (χ1) is 6.03. The molecule has 0 spiro atoms. The lowest BCUT2D eigenvalue weighted by molar-refractivity contribution is 0.151. The van der Waals surface area contributed by atoms with E-state index in [-0.39, 0.29) is 0 Å². The van der Waals surface area contributed by atoms with Gasteiger partial charge in [-0.1, -0.05) is 17.7 Å². The van der Waals surface area contributed by atoms with Crippen molar-refractivity contribution in [1.29, 1.82) is 0 Å². The zero-order chi connectivity index (χ0) is 9.64. The largest absolute Gasteiger partial charge is 0.385 e. The second-order valence-corrected chi connectivity index (χ2v) is 4.38. The fraction of sp³-hybridized carbons (Fsp3) is 0.455. The van der Waals surface area contributed by atoms with Gasteiger partial charge in [-0.2, -0.15) is 0 Å². The van der Waals surface area contributed by atoms with Gasteiger partial charge in [0.2, 0.25) is 0 Å². The molecule has 0 amide bonds. The fourth-order valence-corrected chi connectivity index (χ4v) is 2.37. The Morgan fingerprint density at radius 2 is 1.92 bits per heavy atom. The van der Waals surface area contributed by atoms with E-state index in [1.807, 2.05) is 19.9 Å². The third kappa shape index (κ3) is 1.47. The molecule has 0 bridgehead atoms. The van der Waals surface area contributed by atoms with Crippen LogP contribution in [0.1, 0.15) is 29.5 Å². The summed E-state index contributed by atoms with van der Waals surface area (Å²) in [5.74, 6) is 0. The Bertz CT molecular complexity index is 330. The Hall–Kier alpha value is -0.530. The van der Waals surface area contributed by atoms with Crippen LogP contribution in [0.15, 0.2) is 12.1 Å². The molecule has 0 radical (unpaired) electrons. The third-order valence-corrected chi connectivity index (χ3v) is 2.92. The van der Waals surface area contributed by atoms with E-state index in [0.717, 1.165) is 29.5 Å². The summed E-state index contributed by atoms with van der Waals surface area (Å²) in [7, 11) is 0. The lowest BCUT2D eigenvalue weighted by Crippen LogP contribution is -2.07. The molecule has 0 saturated heterocycles. The predicted octanol–water partition coefficient (Wildman–Crippen LogP) is 2.94. The van der Waals surface area contributed by atoms with Gasteiger partial charge in [0.25, 0.3) is 0 Å². The topological polar surface area (TPSA) is 20.2 Å². The molecular formula is C11H13ClO. The highest BCUT2D eigenvalue weighted by atomic mass is 35.5. The van der Waals surface area contributed by atoms with Gasteiger partial charge in [-0.15, -0.1) is 0 Å². The molecule has 70 valence electrons. The zero-order valence-corrected chi connectivity index (χ0v) is 8.65. The van der Waals surface area contributed by atoms with E-state index in [1.165, 1.54) is 0 Å². The molecule has 1 fully saturated rings. The average Bonchev–Trinajstić information content (AvgIpc) is 2.65. The van der Waals surface area contributed by atoms with Crippen LogP contribution in [0.25, 0.3) is 0 Å². The summed E-state index contributed by atoms with van der Waals surface area (Å²) in [6.07, 6.45) is 1.69. The summed E-state index contributed by atoms with van der Waals surface area (Å²) < 4.78 is 0. The van der Waals surface area contributed by atoms with Crippen LogP contribution in [0.5, 0.6) is 0 Å². The molecule has 2 rings (SSSR count). The van der Waals surface area contributed by atoms with Crippen molar-refractivity contribution < 1.29 is 5.11 Å². The van der Waals surface area contributed by atoms with Crippen molar-refractivity contribution in [3.05, 3.63) is 33.8 Å². The van der Waals surface area contributed by atoms with Crippen LogP contribution in [0.4, 0.5) is 0 Å². The molecule has 0 unspecified atom stereocenters. The van der Waals surface area contributed by atoms with E-state index in [9.17, 15) is 5.11 Å². The number of aliphatic hydroxyl groups is 1. The molecule has 2 heteroatoms. The Kier molecular flexibility index (Phi) is 1.90. The Morgan fingerprint density at radius 1 is 1.31 bits per heavy atom. The predicted molar refractivity (Wildman–Crippen MR) is 54.1 cm³/mol. The van der Waals surface area contributed by atoms with Gasteiger partial charge in [-0.05, 0) is 43.9 Å². The van der Waals surface area contributed by atoms with Crippen LogP contribution in [-0.2, 0) is 5.60 Å². The average molecular weight is 197 g/mol. The first kappa shape index (κ1) is 9.04. The van der Waals surface area contributed by atoms with Crippen LogP contribution >= 0.6 is 11.6 Å². The zero-order valence-electron chi connectivity index (χ0n) is 7.89. The van der Waals surface area contributed by atoms with Crippen molar-refractivity contribution in [2.45, 2.75) is 32.3 Å². The van der Waals surface area contributed by atoms with Crippen molar-refractivity contribution in [2.75, 3.05) is 0 Å². The minimum Gasteiger partial charge on any atom is -0.385 e. The molecule has 1 N–H and O–H groups in total. The van der Waals surface area contributed by atoms with Gasteiger partial charge in [-0.25, -0.2) is 0 Å². The van der Waals surface area contributed by atoms with Gasteiger partial charge >= 0.3 is 0 Å². The number of rotatable bonds is 1. The van der Waals surface area contributed by atoms with Gasteiger partial charge < -0.3 is 5.11 Å². The maximum Gasteiger partial charge on any atom is 0.0915 e. The summed E-state index contributed by atoms with van der Waals surface area (Å²) in [4.78, 5) is 0. The molecule has 0 aliphatic heterocycles. The van der Waals surface area contributed by atoms with Gasteiger partial charge in [0.05, 0.1) is 5.60 Å². The molecule has 13 heavy (non-hydrogen) atoms. The third-order valence-electron chi connectivity index (χ3n) is 2.62. The summed E-state index contributed by atoms with van der Waals surface area (Å²) in [5, 5.41) is 10.7. The van der Waals surface area contributed by atoms with E-state index in [1.54, 1.807) is 0 Å². The molecule has 1 aromatic rings. The van der Waals surface area contributed by atoms with E-state index in [2.05, 4.69) is 6.07 Å².